The van der Waals surface area contributed by atoms with Crippen molar-refractivity contribution in [2.75, 3.05) is 5.88 Å². The van der Waals surface area contributed by atoms with Crippen LogP contribution in [-0.2, 0) is 24.8 Å². The van der Waals surface area contributed by atoms with Crippen molar-refractivity contribution in [3.63, 3.8) is 0 Å². The van der Waals surface area contributed by atoms with Gasteiger partial charge in [-0.3, -0.25) is 9.48 Å². The van der Waals surface area contributed by atoms with Gasteiger partial charge in [0.1, 0.15) is 5.88 Å². The lowest BCUT2D eigenvalue weighted by molar-refractivity contribution is -0.118. The van der Waals surface area contributed by atoms with Gasteiger partial charge in [0.2, 0.25) is 5.91 Å². The molecular formula is C9H14ClN3O. The van der Waals surface area contributed by atoms with Gasteiger partial charge in [-0.15, -0.1) is 11.6 Å². The summed E-state index contributed by atoms with van der Waals surface area (Å²) in [6.45, 7) is 2.54. The number of halogens is 1. The van der Waals surface area contributed by atoms with Crippen molar-refractivity contribution < 1.29 is 4.79 Å². The quantitative estimate of drug-likeness (QED) is 0.757. The Hall–Kier alpha value is -1.03. The fraction of sp³-hybridized carbons (Fsp3) is 0.556. The Bertz CT molecular complexity index is 322. The van der Waals surface area contributed by atoms with E-state index in [1.807, 2.05) is 20.2 Å². The summed E-state index contributed by atoms with van der Waals surface area (Å²) < 4.78 is 1.75. The molecule has 0 unspecified atom stereocenters. The maximum atomic E-state index is 10.9. The number of rotatable bonds is 4. The molecule has 0 aliphatic rings. The zero-order valence-corrected chi connectivity index (χ0v) is 9.14. The molecule has 0 radical (unpaired) electrons. The van der Waals surface area contributed by atoms with E-state index in [0.717, 1.165) is 17.7 Å². The van der Waals surface area contributed by atoms with Crippen LogP contribution in [0.5, 0.6) is 0 Å². The van der Waals surface area contributed by atoms with Gasteiger partial charge in [0.15, 0.2) is 0 Å². The summed E-state index contributed by atoms with van der Waals surface area (Å²) >= 11 is 5.36. The molecule has 1 aromatic heterocycles. The maximum absolute atomic E-state index is 10.9. The number of nitrogens with zero attached hydrogens (tertiary/aromatic N) is 2. The third kappa shape index (κ3) is 2.73. The highest BCUT2D eigenvalue weighted by molar-refractivity contribution is 6.27. The lowest BCUT2D eigenvalue weighted by Gasteiger charge is -2.01. The van der Waals surface area contributed by atoms with Crippen LogP contribution < -0.4 is 5.32 Å². The molecule has 0 saturated carbocycles. The van der Waals surface area contributed by atoms with E-state index in [0.29, 0.717) is 6.54 Å². The largest absolute Gasteiger partial charge is 0.351 e. The number of carbonyl (C=O) groups excluding carboxylic acids is 1. The molecule has 0 saturated heterocycles. The summed E-state index contributed by atoms with van der Waals surface area (Å²) in [6.07, 6.45) is 2.78. The van der Waals surface area contributed by atoms with Crippen LogP contribution in [0.2, 0.25) is 0 Å². The predicted molar refractivity (Wildman–Crippen MR) is 55.2 cm³/mol. The first-order valence-electron chi connectivity index (χ1n) is 4.51. The number of alkyl halides is 1. The monoisotopic (exact) mass is 215 g/mol. The molecular weight excluding hydrogens is 202 g/mol. The molecule has 1 N–H and O–H groups in total. The molecule has 1 aromatic rings. The highest BCUT2D eigenvalue weighted by atomic mass is 35.5. The third-order valence-corrected chi connectivity index (χ3v) is 2.17. The first-order valence-corrected chi connectivity index (χ1v) is 5.04. The topological polar surface area (TPSA) is 46.9 Å². The van der Waals surface area contributed by atoms with Gasteiger partial charge in [0.25, 0.3) is 0 Å². The van der Waals surface area contributed by atoms with Gasteiger partial charge in [-0.1, -0.05) is 6.92 Å². The first kappa shape index (κ1) is 11.0. The van der Waals surface area contributed by atoms with Crippen LogP contribution in [0.3, 0.4) is 0 Å². The minimum atomic E-state index is -0.155. The molecule has 0 fully saturated rings. The number of aromatic nitrogens is 2. The molecule has 0 aromatic carbocycles. The molecule has 14 heavy (non-hydrogen) atoms. The third-order valence-electron chi connectivity index (χ3n) is 1.92. The van der Waals surface area contributed by atoms with Gasteiger partial charge in [-0.2, -0.15) is 5.10 Å². The minimum Gasteiger partial charge on any atom is -0.351 e. The normalized spacial score (nSPS) is 10.2. The molecule has 4 nitrogen and oxygen atoms in total. The van der Waals surface area contributed by atoms with Crippen LogP contribution >= 0.6 is 11.6 Å². The second-order valence-corrected chi connectivity index (χ2v) is 3.31. The highest BCUT2D eigenvalue weighted by Crippen LogP contribution is 2.06. The number of hydrogen-bond donors (Lipinski definition) is 1. The van der Waals surface area contributed by atoms with E-state index >= 15 is 0 Å². The van der Waals surface area contributed by atoms with E-state index in [4.69, 9.17) is 11.6 Å². The zero-order chi connectivity index (χ0) is 10.6. The predicted octanol–water partition coefficient (Wildman–Crippen LogP) is 0.837. The van der Waals surface area contributed by atoms with Crippen molar-refractivity contribution in [2.45, 2.75) is 19.9 Å². The van der Waals surface area contributed by atoms with Crippen molar-refractivity contribution in [2.24, 2.45) is 7.05 Å². The van der Waals surface area contributed by atoms with E-state index in [-0.39, 0.29) is 11.8 Å². The molecule has 1 rings (SSSR count). The minimum absolute atomic E-state index is 0.00171. The second kappa shape index (κ2) is 5.00. The Labute approximate surface area is 88.2 Å². The fourth-order valence-corrected chi connectivity index (χ4v) is 1.36. The van der Waals surface area contributed by atoms with Gasteiger partial charge in [0.05, 0.1) is 5.69 Å². The number of hydrogen-bond acceptors (Lipinski definition) is 2. The van der Waals surface area contributed by atoms with Crippen molar-refractivity contribution in [1.82, 2.24) is 15.1 Å². The van der Waals surface area contributed by atoms with Crippen LogP contribution in [0.1, 0.15) is 18.2 Å². The summed E-state index contributed by atoms with van der Waals surface area (Å²) in [5.74, 6) is -0.153. The number of amides is 1. The van der Waals surface area contributed by atoms with Crippen LogP contribution in [0, 0.1) is 0 Å². The second-order valence-electron chi connectivity index (χ2n) is 3.04. The lowest BCUT2D eigenvalue weighted by atomic mass is 10.2. The summed E-state index contributed by atoms with van der Waals surface area (Å²) in [5, 5.41) is 6.98. The Morgan fingerprint density at radius 3 is 3.00 bits per heavy atom. The summed E-state index contributed by atoms with van der Waals surface area (Å²) in [5.41, 5.74) is 2.07. The smallest absolute Gasteiger partial charge is 0.235 e. The van der Waals surface area contributed by atoms with E-state index in [9.17, 15) is 4.79 Å². The summed E-state index contributed by atoms with van der Waals surface area (Å²) in [4.78, 5) is 10.9. The van der Waals surface area contributed by atoms with Gasteiger partial charge in [-0.25, -0.2) is 0 Å². The molecule has 1 amide bonds. The van der Waals surface area contributed by atoms with Crippen LogP contribution in [-0.4, -0.2) is 21.6 Å². The highest BCUT2D eigenvalue weighted by Gasteiger charge is 2.06. The molecule has 1 heterocycles. The van der Waals surface area contributed by atoms with Crippen LogP contribution in [0.4, 0.5) is 0 Å². The van der Waals surface area contributed by atoms with E-state index in [1.165, 1.54) is 0 Å². The number of aryl methyl sites for hydroxylation is 2. The van der Waals surface area contributed by atoms with Gasteiger partial charge >= 0.3 is 0 Å². The van der Waals surface area contributed by atoms with Crippen molar-refractivity contribution in [3.8, 4) is 0 Å². The van der Waals surface area contributed by atoms with Gasteiger partial charge < -0.3 is 5.32 Å². The molecule has 78 valence electrons. The van der Waals surface area contributed by atoms with Crippen molar-refractivity contribution >= 4 is 17.5 Å². The Kier molecular flexibility index (Phi) is 3.95. The SMILES string of the molecule is CCc1nn(C)cc1CNC(=O)CCl. The Morgan fingerprint density at radius 1 is 1.71 bits per heavy atom. The maximum Gasteiger partial charge on any atom is 0.235 e. The van der Waals surface area contributed by atoms with Crippen LogP contribution in [0.25, 0.3) is 0 Å². The number of carbonyl (C=O) groups is 1. The van der Waals surface area contributed by atoms with E-state index < -0.39 is 0 Å². The number of nitrogens with one attached hydrogen (secondary N) is 1. The van der Waals surface area contributed by atoms with Gasteiger partial charge in [-0.05, 0) is 6.42 Å². The van der Waals surface area contributed by atoms with Gasteiger partial charge in [0, 0.05) is 25.4 Å². The standard InChI is InChI=1S/C9H14ClN3O/c1-3-8-7(6-13(2)12-8)5-11-9(14)4-10/h6H,3-5H2,1-2H3,(H,11,14). The van der Waals surface area contributed by atoms with E-state index in [2.05, 4.69) is 10.4 Å². The molecule has 0 bridgehead atoms. The molecule has 0 atom stereocenters. The summed E-state index contributed by atoms with van der Waals surface area (Å²) in [7, 11) is 1.87. The summed E-state index contributed by atoms with van der Waals surface area (Å²) in [6, 6.07) is 0. The zero-order valence-electron chi connectivity index (χ0n) is 8.38. The van der Waals surface area contributed by atoms with Crippen molar-refractivity contribution in [1.29, 1.82) is 0 Å². The van der Waals surface area contributed by atoms with Crippen LogP contribution in [0.15, 0.2) is 6.20 Å². The van der Waals surface area contributed by atoms with Crippen molar-refractivity contribution in [3.05, 3.63) is 17.5 Å². The average molecular weight is 216 g/mol. The fourth-order valence-electron chi connectivity index (χ4n) is 1.27. The Balaban J connectivity index is 2.61. The molecule has 5 heteroatoms. The molecule has 0 aliphatic carbocycles. The van der Waals surface area contributed by atoms with E-state index in [1.54, 1.807) is 4.68 Å². The average Bonchev–Trinajstić information content (AvgIpc) is 2.55. The molecule has 0 spiro atoms. The Morgan fingerprint density at radius 2 is 2.43 bits per heavy atom. The molecule has 0 aliphatic heterocycles. The lowest BCUT2D eigenvalue weighted by Crippen LogP contribution is -2.23. The first-order chi connectivity index (χ1) is 6.67.